The average molecular weight is 390 g/mol. The van der Waals surface area contributed by atoms with Crippen molar-refractivity contribution in [2.24, 2.45) is 0 Å². The molecule has 0 atom stereocenters. The van der Waals surface area contributed by atoms with E-state index >= 15 is 0 Å². The van der Waals surface area contributed by atoms with Crippen LogP contribution >= 0.6 is 27.5 Å². The summed E-state index contributed by atoms with van der Waals surface area (Å²) < 4.78 is 8.68. The normalized spacial score (nSPS) is 11.3. The molecule has 0 unspecified atom stereocenters. The van der Waals surface area contributed by atoms with Gasteiger partial charge in [-0.2, -0.15) is 0 Å². The van der Waals surface area contributed by atoms with E-state index < -0.39 is 0 Å². The highest BCUT2D eigenvalue weighted by molar-refractivity contribution is 9.10. The zero-order valence-corrected chi connectivity index (χ0v) is 14.3. The summed E-state index contributed by atoms with van der Waals surface area (Å²) in [5, 5.41) is 8.25. The van der Waals surface area contributed by atoms with Crippen molar-refractivity contribution in [3.05, 3.63) is 58.0 Å². The summed E-state index contributed by atoms with van der Waals surface area (Å²) in [4.78, 5) is 4.59. The Kier molecular flexibility index (Phi) is 3.43. The lowest BCUT2D eigenvalue weighted by Gasteiger charge is -2.02. The first kappa shape index (κ1) is 14.4. The number of aromatic nitrogens is 4. The fourth-order valence-electron chi connectivity index (χ4n) is 2.44. The van der Waals surface area contributed by atoms with Crippen LogP contribution in [0.2, 0.25) is 5.02 Å². The summed E-state index contributed by atoms with van der Waals surface area (Å²) in [5.74, 6) is 0.496. The van der Waals surface area contributed by atoms with Crippen molar-refractivity contribution in [1.82, 2.24) is 19.7 Å². The van der Waals surface area contributed by atoms with Crippen molar-refractivity contribution in [3.63, 3.8) is 0 Å². The minimum absolute atomic E-state index is 0.496. The second kappa shape index (κ2) is 5.47. The van der Waals surface area contributed by atoms with Crippen LogP contribution in [-0.4, -0.2) is 19.7 Å². The molecule has 0 radical (unpaired) electrons. The van der Waals surface area contributed by atoms with Crippen LogP contribution in [0.15, 0.2) is 51.9 Å². The lowest BCUT2D eigenvalue weighted by atomic mass is 10.2. The molecule has 0 bridgehead atoms. The summed E-state index contributed by atoms with van der Waals surface area (Å²) in [6.45, 7) is 1.98. The van der Waals surface area contributed by atoms with Gasteiger partial charge < -0.3 is 4.42 Å². The number of halogens is 2. The lowest BCUT2D eigenvalue weighted by molar-refractivity contribution is 0.617. The van der Waals surface area contributed by atoms with Gasteiger partial charge in [-0.1, -0.05) is 27.5 Å². The van der Waals surface area contributed by atoms with Gasteiger partial charge in [-0.05, 0) is 42.8 Å². The van der Waals surface area contributed by atoms with Crippen molar-refractivity contribution in [1.29, 1.82) is 0 Å². The Morgan fingerprint density at radius 1 is 1.13 bits per heavy atom. The number of nitrogens with zero attached hydrogens (tertiary/aromatic N) is 4. The van der Waals surface area contributed by atoms with Crippen LogP contribution in [0.3, 0.4) is 0 Å². The predicted octanol–water partition coefficient (Wildman–Crippen LogP) is 4.80. The highest BCUT2D eigenvalue weighted by Gasteiger charge is 2.15. The van der Waals surface area contributed by atoms with Crippen LogP contribution in [0.5, 0.6) is 0 Å². The molecule has 0 aliphatic carbocycles. The second-order valence-corrected chi connectivity index (χ2v) is 6.45. The maximum absolute atomic E-state index is 6.27. The molecule has 0 aliphatic heterocycles. The van der Waals surface area contributed by atoms with Gasteiger partial charge in [0.05, 0.1) is 16.3 Å². The molecule has 0 N–H and O–H groups in total. The number of hydrogen-bond donors (Lipinski definition) is 0. The second-order valence-electron chi connectivity index (χ2n) is 5.12. The molecule has 2 aromatic carbocycles. The van der Waals surface area contributed by atoms with Gasteiger partial charge in [0.1, 0.15) is 18.2 Å². The zero-order valence-electron chi connectivity index (χ0n) is 12.0. The third-order valence-electron chi connectivity index (χ3n) is 3.54. The monoisotopic (exact) mass is 388 g/mol. The summed E-state index contributed by atoms with van der Waals surface area (Å²) in [5.41, 5.74) is 4.17. The van der Waals surface area contributed by atoms with E-state index in [1.807, 2.05) is 41.8 Å². The first-order valence-corrected chi connectivity index (χ1v) is 8.00. The average Bonchev–Trinajstić information content (AvgIpc) is 3.18. The van der Waals surface area contributed by atoms with E-state index in [1.165, 1.54) is 0 Å². The summed E-state index contributed by atoms with van der Waals surface area (Å²) in [6.07, 6.45) is 3.29. The summed E-state index contributed by atoms with van der Waals surface area (Å²) in [6, 6.07) is 9.52. The first-order valence-electron chi connectivity index (χ1n) is 6.83. The van der Waals surface area contributed by atoms with Crippen molar-refractivity contribution in [2.75, 3.05) is 0 Å². The minimum Gasteiger partial charge on any atom is -0.436 e. The highest BCUT2D eigenvalue weighted by Crippen LogP contribution is 2.33. The van der Waals surface area contributed by atoms with Crippen LogP contribution in [0.1, 0.15) is 5.56 Å². The van der Waals surface area contributed by atoms with E-state index in [-0.39, 0.29) is 0 Å². The van der Waals surface area contributed by atoms with E-state index in [0.29, 0.717) is 10.9 Å². The maximum atomic E-state index is 6.27. The number of benzene rings is 2. The molecule has 0 saturated carbocycles. The molecule has 5 nitrogen and oxygen atoms in total. The van der Waals surface area contributed by atoms with E-state index in [4.69, 9.17) is 16.0 Å². The number of aryl methyl sites for hydroxylation is 1. The molecule has 4 aromatic rings. The van der Waals surface area contributed by atoms with Crippen LogP contribution in [0.4, 0.5) is 0 Å². The Balaban J connectivity index is 1.91. The smallest absolute Gasteiger partial charge is 0.228 e. The molecule has 0 spiro atoms. The molecular formula is C16H10BrClN4O. The first-order chi connectivity index (χ1) is 11.1. The van der Waals surface area contributed by atoms with Gasteiger partial charge in [0.2, 0.25) is 5.89 Å². The van der Waals surface area contributed by atoms with Crippen LogP contribution < -0.4 is 0 Å². The molecule has 7 heteroatoms. The van der Waals surface area contributed by atoms with Gasteiger partial charge in [-0.15, -0.1) is 10.2 Å². The topological polar surface area (TPSA) is 56.7 Å². The summed E-state index contributed by atoms with van der Waals surface area (Å²) >= 11 is 9.71. The van der Waals surface area contributed by atoms with Crippen LogP contribution in [0.25, 0.3) is 28.2 Å². The van der Waals surface area contributed by atoms with Gasteiger partial charge in [0.25, 0.3) is 0 Å². The number of oxazole rings is 1. The lowest BCUT2D eigenvalue weighted by Crippen LogP contribution is -1.91. The minimum atomic E-state index is 0.496. The number of fused-ring (bicyclic) bond motifs is 1. The molecule has 0 fully saturated rings. The fraction of sp³-hybridized carbons (Fsp3) is 0.0625. The molecule has 0 amide bonds. The van der Waals surface area contributed by atoms with Crippen LogP contribution in [-0.2, 0) is 0 Å². The molecule has 0 aliphatic rings. The van der Waals surface area contributed by atoms with Crippen molar-refractivity contribution in [3.8, 4) is 17.1 Å². The van der Waals surface area contributed by atoms with Gasteiger partial charge in [0.15, 0.2) is 5.58 Å². The molecule has 23 heavy (non-hydrogen) atoms. The Morgan fingerprint density at radius 3 is 2.70 bits per heavy atom. The van der Waals surface area contributed by atoms with E-state index in [1.54, 1.807) is 12.7 Å². The Morgan fingerprint density at radius 2 is 1.91 bits per heavy atom. The summed E-state index contributed by atoms with van der Waals surface area (Å²) in [7, 11) is 0. The van der Waals surface area contributed by atoms with Crippen molar-refractivity contribution < 1.29 is 4.42 Å². The molecule has 4 rings (SSSR count). The van der Waals surface area contributed by atoms with Gasteiger partial charge in [-0.3, -0.25) is 4.57 Å². The predicted molar refractivity (Wildman–Crippen MR) is 91.8 cm³/mol. The highest BCUT2D eigenvalue weighted by atomic mass is 79.9. The SMILES string of the molecule is Cc1cc(-n2cnnc2)cc2nc(-c3cc(Br)ccc3Cl)oc12. The Labute approximate surface area is 145 Å². The molecule has 0 saturated heterocycles. The molecular weight excluding hydrogens is 380 g/mol. The molecule has 2 heterocycles. The third-order valence-corrected chi connectivity index (χ3v) is 4.36. The standard InChI is InChI=1S/C16H10BrClN4O/c1-9-4-11(22-7-19-20-8-22)6-14-15(9)23-16(21-14)12-5-10(17)2-3-13(12)18/h2-8H,1H3. The van der Waals surface area contributed by atoms with Gasteiger partial charge in [0, 0.05) is 4.47 Å². The zero-order chi connectivity index (χ0) is 16.0. The molecule has 114 valence electrons. The Bertz CT molecular complexity index is 1010. The largest absolute Gasteiger partial charge is 0.436 e. The van der Waals surface area contributed by atoms with Gasteiger partial charge in [-0.25, -0.2) is 4.98 Å². The van der Waals surface area contributed by atoms with E-state index in [2.05, 4.69) is 31.1 Å². The number of hydrogen-bond acceptors (Lipinski definition) is 4. The van der Waals surface area contributed by atoms with Crippen LogP contribution in [0, 0.1) is 6.92 Å². The van der Waals surface area contributed by atoms with Crippen molar-refractivity contribution >= 4 is 38.6 Å². The van der Waals surface area contributed by atoms with Gasteiger partial charge >= 0.3 is 0 Å². The van der Waals surface area contributed by atoms with E-state index in [0.717, 1.165) is 32.4 Å². The third kappa shape index (κ3) is 2.54. The Hall–Kier alpha value is -2.18. The molecule has 2 aromatic heterocycles. The van der Waals surface area contributed by atoms with Crippen molar-refractivity contribution in [2.45, 2.75) is 6.92 Å². The number of rotatable bonds is 2. The maximum Gasteiger partial charge on any atom is 0.228 e. The quantitative estimate of drug-likeness (QED) is 0.494. The fourth-order valence-corrected chi connectivity index (χ4v) is 3.00. The van der Waals surface area contributed by atoms with E-state index in [9.17, 15) is 0 Å².